The minimum atomic E-state index is 0.00516. The third-order valence-corrected chi connectivity index (χ3v) is 6.39. The SMILES string of the molecule is Cn1cc(C#N)cc1C(=O)N1CCC2(CCC(=O)N(CC3CC3)C2)CC1. The van der Waals surface area contributed by atoms with Crippen LogP contribution in [0, 0.1) is 22.7 Å². The van der Waals surface area contributed by atoms with Crippen molar-refractivity contribution in [2.24, 2.45) is 18.4 Å². The maximum atomic E-state index is 12.8. The van der Waals surface area contributed by atoms with E-state index in [1.54, 1.807) is 16.8 Å². The van der Waals surface area contributed by atoms with Gasteiger partial charge in [-0.3, -0.25) is 9.59 Å². The summed E-state index contributed by atoms with van der Waals surface area (Å²) in [6.07, 6.45) is 7.76. The van der Waals surface area contributed by atoms with E-state index in [9.17, 15) is 9.59 Å². The molecule has 6 heteroatoms. The number of carbonyl (C=O) groups is 2. The topological polar surface area (TPSA) is 69.3 Å². The fourth-order valence-electron chi connectivity index (χ4n) is 4.47. The number of hydrogen-bond acceptors (Lipinski definition) is 3. The molecule has 138 valence electrons. The van der Waals surface area contributed by atoms with Gasteiger partial charge in [-0.05, 0) is 49.5 Å². The van der Waals surface area contributed by atoms with Crippen molar-refractivity contribution in [3.8, 4) is 6.07 Å². The molecule has 3 heterocycles. The smallest absolute Gasteiger partial charge is 0.270 e. The second kappa shape index (κ2) is 6.46. The Hall–Kier alpha value is -2.29. The molecular weight excluding hydrogens is 328 g/mol. The van der Waals surface area contributed by atoms with E-state index in [-0.39, 0.29) is 11.3 Å². The standard InChI is InChI=1S/C20H26N4O2/c1-22-12-16(11-21)10-17(22)19(26)23-8-6-20(7-9-23)5-4-18(25)24(14-20)13-15-2-3-15/h10,12,15H,2-9,13-14H2,1H3. The Morgan fingerprint density at radius 2 is 2.04 bits per heavy atom. The van der Waals surface area contributed by atoms with Crippen LogP contribution in [0.15, 0.2) is 12.3 Å². The first-order chi connectivity index (χ1) is 12.5. The average molecular weight is 354 g/mol. The van der Waals surface area contributed by atoms with Crippen LogP contribution >= 0.6 is 0 Å². The van der Waals surface area contributed by atoms with Crippen LogP contribution in [-0.2, 0) is 11.8 Å². The van der Waals surface area contributed by atoms with Crippen LogP contribution in [0.3, 0.4) is 0 Å². The minimum absolute atomic E-state index is 0.00516. The Morgan fingerprint density at radius 1 is 1.31 bits per heavy atom. The number of aromatic nitrogens is 1. The molecule has 1 aromatic rings. The van der Waals surface area contributed by atoms with Gasteiger partial charge in [0.15, 0.2) is 0 Å². The predicted octanol–water partition coefficient (Wildman–Crippen LogP) is 2.15. The first kappa shape index (κ1) is 17.1. The number of aryl methyl sites for hydroxylation is 1. The Morgan fingerprint density at radius 3 is 2.65 bits per heavy atom. The Balaban J connectivity index is 1.40. The van der Waals surface area contributed by atoms with E-state index in [4.69, 9.17) is 5.26 Å². The number of likely N-dealkylation sites (tertiary alicyclic amines) is 2. The van der Waals surface area contributed by atoms with Crippen molar-refractivity contribution < 1.29 is 9.59 Å². The zero-order chi connectivity index (χ0) is 18.3. The normalized spacial score (nSPS) is 22.5. The molecule has 6 nitrogen and oxygen atoms in total. The highest BCUT2D eigenvalue weighted by atomic mass is 16.2. The van der Waals surface area contributed by atoms with Crippen LogP contribution in [0.1, 0.15) is 54.6 Å². The fourth-order valence-corrected chi connectivity index (χ4v) is 4.47. The second-order valence-electron chi connectivity index (χ2n) is 8.35. The fraction of sp³-hybridized carbons (Fsp3) is 0.650. The van der Waals surface area contributed by atoms with Gasteiger partial charge in [-0.1, -0.05) is 0 Å². The molecule has 0 aromatic carbocycles. The highest BCUT2D eigenvalue weighted by Crippen LogP contribution is 2.42. The summed E-state index contributed by atoms with van der Waals surface area (Å²) in [6.45, 7) is 3.27. The highest BCUT2D eigenvalue weighted by Gasteiger charge is 2.43. The van der Waals surface area contributed by atoms with Gasteiger partial charge in [0.1, 0.15) is 11.8 Å². The number of nitriles is 1. The van der Waals surface area contributed by atoms with Gasteiger partial charge < -0.3 is 14.4 Å². The van der Waals surface area contributed by atoms with Crippen molar-refractivity contribution in [1.82, 2.24) is 14.4 Å². The molecule has 4 rings (SSSR count). The molecular formula is C20H26N4O2. The van der Waals surface area contributed by atoms with Gasteiger partial charge in [0, 0.05) is 45.8 Å². The van der Waals surface area contributed by atoms with Crippen LogP contribution in [-0.4, -0.2) is 52.4 Å². The highest BCUT2D eigenvalue weighted by molar-refractivity contribution is 5.93. The lowest BCUT2D eigenvalue weighted by atomic mass is 9.72. The number of amides is 2. The van der Waals surface area contributed by atoms with E-state index in [0.717, 1.165) is 51.4 Å². The van der Waals surface area contributed by atoms with Gasteiger partial charge in [-0.2, -0.15) is 5.26 Å². The van der Waals surface area contributed by atoms with Gasteiger partial charge in [-0.15, -0.1) is 0 Å². The van der Waals surface area contributed by atoms with Gasteiger partial charge in [0.25, 0.3) is 5.91 Å². The summed E-state index contributed by atoms with van der Waals surface area (Å²) in [5.74, 6) is 1.04. The minimum Gasteiger partial charge on any atom is -0.345 e. The molecule has 2 amide bonds. The van der Waals surface area contributed by atoms with Crippen LogP contribution in [0.4, 0.5) is 0 Å². The van der Waals surface area contributed by atoms with Crippen molar-refractivity contribution >= 4 is 11.8 Å². The summed E-state index contributed by atoms with van der Waals surface area (Å²) in [7, 11) is 1.81. The first-order valence-electron chi connectivity index (χ1n) is 9.63. The lowest BCUT2D eigenvalue weighted by Crippen LogP contribution is -2.52. The lowest BCUT2D eigenvalue weighted by molar-refractivity contribution is -0.139. The Kier molecular flexibility index (Phi) is 4.26. The molecule has 0 radical (unpaired) electrons. The van der Waals surface area contributed by atoms with Crippen LogP contribution in [0.2, 0.25) is 0 Å². The predicted molar refractivity (Wildman–Crippen MR) is 96.2 cm³/mol. The Bertz CT molecular complexity index is 763. The van der Waals surface area contributed by atoms with Crippen molar-refractivity contribution in [2.75, 3.05) is 26.2 Å². The zero-order valence-corrected chi connectivity index (χ0v) is 15.4. The van der Waals surface area contributed by atoms with E-state index in [1.165, 1.54) is 12.8 Å². The number of hydrogen-bond donors (Lipinski definition) is 0. The molecule has 1 aliphatic carbocycles. The van der Waals surface area contributed by atoms with E-state index in [1.807, 2.05) is 11.9 Å². The lowest BCUT2D eigenvalue weighted by Gasteiger charge is -2.47. The molecule has 1 saturated carbocycles. The van der Waals surface area contributed by atoms with Crippen molar-refractivity contribution in [3.63, 3.8) is 0 Å². The van der Waals surface area contributed by atoms with E-state index in [0.29, 0.717) is 23.6 Å². The summed E-state index contributed by atoms with van der Waals surface area (Å²) in [4.78, 5) is 29.1. The molecule has 26 heavy (non-hydrogen) atoms. The van der Waals surface area contributed by atoms with E-state index >= 15 is 0 Å². The largest absolute Gasteiger partial charge is 0.345 e. The summed E-state index contributed by atoms with van der Waals surface area (Å²) >= 11 is 0. The van der Waals surface area contributed by atoms with Crippen molar-refractivity contribution in [1.29, 1.82) is 5.26 Å². The van der Waals surface area contributed by atoms with Crippen molar-refractivity contribution in [2.45, 2.75) is 38.5 Å². The first-order valence-corrected chi connectivity index (χ1v) is 9.63. The molecule has 3 fully saturated rings. The van der Waals surface area contributed by atoms with Gasteiger partial charge >= 0.3 is 0 Å². The molecule has 1 aromatic heterocycles. The summed E-state index contributed by atoms with van der Waals surface area (Å²) in [5, 5.41) is 9.03. The number of nitrogens with zero attached hydrogens (tertiary/aromatic N) is 4. The molecule has 3 aliphatic rings. The molecule has 0 atom stereocenters. The molecule has 2 aliphatic heterocycles. The molecule has 1 spiro atoms. The summed E-state index contributed by atoms with van der Waals surface area (Å²) < 4.78 is 1.74. The third-order valence-electron chi connectivity index (χ3n) is 6.39. The Labute approximate surface area is 154 Å². The maximum absolute atomic E-state index is 12.8. The third kappa shape index (κ3) is 3.23. The maximum Gasteiger partial charge on any atom is 0.270 e. The average Bonchev–Trinajstić information content (AvgIpc) is 3.38. The van der Waals surface area contributed by atoms with E-state index < -0.39 is 0 Å². The van der Waals surface area contributed by atoms with Crippen LogP contribution in [0.25, 0.3) is 0 Å². The van der Waals surface area contributed by atoms with E-state index in [2.05, 4.69) is 11.0 Å². The molecule has 0 unspecified atom stereocenters. The van der Waals surface area contributed by atoms with Crippen LogP contribution in [0.5, 0.6) is 0 Å². The molecule has 0 bridgehead atoms. The summed E-state index contributed by atoms with van der Waals surface area (Å²) in [6, 6.07) is 3.76. The van der Waals surface area contributed by atoms with Gasteiger partial charge in [-0.25, -0.2) is 0 Å². The number of piperidine rings is 2. The van der Waals surface area contributed by atoms with Crippen molar-refractivity contribution in [3.05, 3.63) is 23.5 Å². The monoisotopic (exact) mass is 354 g/mol. The quantitative estimate of drug-likeness (QED) is 0.835. The molecule has 0 N–H and O–H groups in total. The van der Waals surface area contributed by atoms with Gasteiger partial charge in [0.05, 0.1) is 5.56 Å². The second-order valence-corrected chi connectivity index (χ2v) is 8.35. The van der Waals surface area contributed by atoms with Crippen LogP contribution < -0.4 is 0 Å². The number of carbonyl (C=O) groups excluding carboxylic acids is 2. The number of rotatable bonds is 3. The molecule has 2 saturated heterocycles. The summed E-state index contributed by atoms with van der Waals surface area (Å²) in [5.41, 5.74) is 1.28. The van der Waals surface area contributed by atoms with Gasteiger partial charge in [0.2, 0.25) is 5.91 Å². The zero-order valence-electron chi connectivity index (χ0n) is 15.4.